The van der Waals surface area contributed by atoms with Gasteiger partial charge in [-0.25, -0.2) is 15.0 Å². The van der Waals surface area contributed by atoms with E-state index in [1.165, 1.54) is 0 Å². The summed E-state index contributed by atoms with van der Waals surface area (Å²) in [5, 5.41) is 4.25. The van der Waals surface area contributed by atoms with Gasteiger partial charge < -0.3 is 14.8 Å². The van der Waals surface area contributed by atoms with Crippen molar-refractivity contribution in [2.24, 2.45) is 0 Å². The summed E-state index contributed by atoms with van der Waals surface area (Å²) >= 11 is 0. The first-order chi connectivity index (χ1) is 11.7. The number of nitrogens with zero attached hydrogens (tertiary/aromatic N) is 3. The van der Waals surface area contributed by atoms with E-state index in [4.69, 9.17) is 9.47 Å². The van der Waals surface area contributed by atoms with Gasteiger partial charge >= 0.3 is 0 Å². The summed E-state index contributed by atoms with van der Waals surface area (Å²) in [6.45, 7) is 7.00. The molecule has 0 atom stereocenters. The summed E-state index contributed by atoms with van der Waals surface area (Å²) < 4.78 is 11.0. The first-order valence-electron chi connectivity index (χ1n) is 7.96. The molecule has 0 fully saturated rings. The molecule has 0 bridgehead atoms. The van der Waals surface area contributed by atoms with Crippen LogP contribution in [0.15, 0.2) is 36.7 Å². The van der Waals surface area contributed by atoms with Crippen molar-refractivity contribution in [1.29, 1.82) is 0 Å². The van der Waals surface area contributed by atoms with E-state index < -0.39 is 0 Å². The number of aryl methyl sites for hydroxylation is 1. The van der Waals surface area contributed by atoms with Crippen molar-refractivity contribution in [2.45, 2.75) is 20.8 Å². The Kier molecular flexibility index (Phi) is 4.74. The third-order valence-corrected chi connectivity index (χ3v) is 3.48. The Morgan fingerprint density at radius 1 is 1.04 bits per heavy atom. The van der Waals surface area contributed by atoms with Crippen LogP contribution in [0, 0.1) is 6.92 Å². The molecule has 1 N–H and O–H groups in total. The Balaban J connectivity index is 1.94. The summed E-state index contributed by atoms with van der Waals surface area (Å²) in [5.74, 6) is 1.38. The standard InChI is InChI=1S/C18H20N4O2/c1-4-23-16-10-14-15(8-9-19-18(14)21-12(16)3)22-13-6-7-17(20-11-13)24-5-2/h6-11H,4-5H2,1-3H3,(H,19,21,22). The van der Waals surface area contributed by atoms with E-state index in [1.54, 1.807) is 12.4 Å². The Labute approximate surface area is 140 Å². The van der Waals surface area contributed by atoms with E-state index in [-0.39, 0.29) is 0 Å². The number of hydrogen-bond donors (Lipinski definition) is 1. The molecule has 24 heavy (non-hydrogen) atoms. The molecule has 0 aliphatic rings. The van der Waals surface area contributed by atoms with Crippen molar-refractivity contribution < 1.29 is 9.47 Å². The zero-order valence-electron chi connectivity index (χ0n) is 14.0. The number of pyridine rings is 3. The molecule has 3 aromatic rings. The zero-order valence-corrected chi connectivity index (χ0v) is 14.0. The van der Waals surface area contributed by atoms with E-state index in [9.17, 15) is 0 Å². The molecule has 0 saturated heterocycles. The predicted octanol–water partition coefficient (Wildman–Crippen LogP) is 3.87. The van der Waals surface area contributed by atoms with Crippen LogP contribution < -0.4 is 14.8 Å². The maximum Gasteiger partial charge on any atom is 0.213 e. The number of fused-ring (bicyclic) bond motifs is 1. The molecule has 0 amide bonds. The number of anilines is 2. The third kappa shape index (κ3) is 3.37. The lowest BCUT2D eigenvalue weighted by molar-refractivity contribution is 0.327. The zero-order chi connectivity index (χ0) is 16.9. The Bertz CT molecular complexity index is 834. The summed E-state index contributed by atoms with van der Waals surface area (Å²) in [6.07, 6.45) is 3.47. The number of rotatable bonds is 6. The Morgan fingerprint density at radius 2 is 1.88 bits per heavy atom. The maximum absolute atomic E-state index is 5.65. The van der Waals surface area contributed by atoms with Crippen LogP contribution >= 0.6 is 0 Å². The minimum Gasteiger partial charge on any atom is -0.492 e. The maximum atomic E-state index is 5.65. The highest BCUT2D eigenvalue weighted by Gasteiger charge is 2.09. The molecule has 3 heterocycles. The van der Waals surface area contributed by atoms with Gasteiger partial charge in [0.05, 0.1) is 36.5 Å². The largest absolute Gasteiger partial charge is 0.492 e. The van der Waals surface area contributed by atoms with Gasteiger partial charge in [-0.15, -0.1) is 0 Å². The van der Waals surface area contributed by atoms with Crippen molar-refractivity contribution >= 4 is 22.4 Å². The first kappa shape index (κ1) is 16.0. The average Bonchev–Trinajstić information content (AvgIpc) is 2.58. The van der Waals surface area contributed by atoms with Crippen molar-refractivity contribution in [3.63, 3.8) is 0 Å². The predicted molar refractivity (Wildman–Crippen MR) is 94.1 cm³/mol. The normalized spacial score (nSPS) is 10.6. The van der Waals surface area contributed by atoms with Crippen molar-refractivity contribution in [1.82, 2.24) is 15.0 Å². The van der Waals surface area contributed by atoms with Gasteiger partial charge in [-0.1, -0.05) is 0 Å². The topological polar surface area (TPSA) is 69.2 Å². The van der Waals surface area contributed by atoms with Crippen LogP contribution in [0.4, 0.5) is 11.4 Å². The van der Waals surface area contributed by atoms with Crippen LogP contribution in [0.3, 0.4) is 0 Å². The summed E-state index contributed by atoms with van der Waals surface area (Å²) in [4.78, 5) is 13.1. The molecule has 3 rings (SSSR count). The van der Waals surface area contributed by atoms with Crippen LogP contribution in [0.1, 0.15) is 19.5 Å². The molecule has 0 radical (unpaired) electrons. The van der Waals surface area contributed by atoms with E-state index in [2.05, 4.69) is 20.3 Å². The molecule has 124 valence electrons. The number of nitrogens with one attached hydrogen (secondary N) is 1. The quantitative estimate of drug-likeness (QED) is 0.742. The van der Waals surface area contributed by atoms with Gasteiger partial charge in [-0.3, -0.25) is 0 Å². The number of aromatic nitrogens is 3. The van der Waals surface area contributed by atoms with Crippen LogP contribution in [-0.4, -0.2) is 28.2 Å². The van der Waals surface area contributed by atoms with Gasteiger partial charge in [-0.2, -0.15) is 0 Å². The highest BCUT2D eigenvalue weighted by molar-refractivity contribution is 5.91. The number of ether oxygens (including phenoxy) is 2. The van der Waals surface area contributed by atoms with Gasteiger partial charge in [0.1, 0.15) is 5.75 Å². The lowest BCUT2D eigenvalue weighted by Gasteiger charge is -2.12. The van der Waals surface area contributed by atoms with E-state index in [0.717, 1.165) is 28.2 Å². The Morgan fingerprint density at radius 3 is 2.58 bits per heavy atom. The fourth-order valence-corrected chi connectivity index (χ4v) is 2.40. The molecule has 0 aliphatic carbocycles. The second kappa shape index (κ2) is 7.12. The summed E-state index contributed by atoms with van der Waals surface area (Å²) in [7, 11) is 0. The van der Waals surface area contributed by atoms with Crippen LogP contribution in [0.2, 0.25) is 0 Å². The van der Waals surface area contributed by atoms with Crippen molar-refractivity contribution in [3.8, 4) is 11.6 Å². The number of hydrogen-bond acceptors (Lipinski definition) is 6. The van der Waals surface area contributed by atoms with Gasteiger partial charge in [0, 0.05) is 17.6 Å². The molecule has 0 spiro atoms. The lowest BCUT2D eigenvalue weighted by Crippen LogP contribution is -2.00. The molecule has 3 aromatic heterocycles. The molecular formula is C18H20N4O2. The molecule has 0 aromatic carbocycles. The highest BCUT2D eigenvalue weighted by atomic mass is 16.5. The molecule has 0 unspecified atom stereocenters. The van der Waals surface area contributed by atoms with E-state index >= 15 is 0 Å². The Hall–Kier alpha value is -2.89. The van der Waals surface area contributed by atoms with Crippen molar-refractivity contribution in [3.05, 3.63) is 42.4 Å². The molecular weight excluding hydrogens is 304 g/mol. The van der Waals surface area contributed by atoms with Crippen LogP contribution in [-0.2, 0) is 0 Å². The van der Waals surface area contributed by atoms with Crippen LogP contribution in [0.25, 0.3) is 11.0 Å². The molecule has 6 nitrogen and oxygen atoms in total. The smallest absolute Gasteiger partial charge is 0.213 e. The first-order valence-corrected chi connectivity index (χ1v) is 7.96. The van der Waals surface area contributed by atoms with Crippen molar-refractivity contribution in [2.75, 3.05) is 18.5 Å². The average molecular weight is 324 g/mol. The minimum absolute atomic E-state index is 0.597. The van der Waals surface area contributed by atoms with Gasteiger partial charge in [0.15, 0.2) is 5.65 Å². The van der Waals surface area contributed by atoms with Gasteiger partial charge in [0.2, 0.25) is 5.88 Å². The molecule has 6 heteroatoms. The molecule has 0 aliphatic heterocycles. The fourth-order valence-electron chi connectivity index (χ4n) is 2.40. The van der Waals surface area contributed by atoms with Gasteiger partial charge in [0.25, 0.3) is 0 Å². The fraction of sp³-hybridized carbons (Fsp3) is 0.278. The summed E-state index contributed by atoms with van der Waals surface area (Å²) in [5.41, 5.74) is 3.28. The lowest BCUT2D eigenvalue weighted by atomic mass is 10.2. The SMILES string of the molecule is CCOc1ccc(Nc2ccnc3nc(C)c(OCC)cc23)cn1. The van der Waals surface area contributed by atoms with E-state index in [0.29, 0.717) is 24.7 Å². The second-order valence-electron chi connectivity index (χ2n) is 5.18. The van der Waals surface area contributed by atoms with Gasteiger partial charge in [-0.05, 0) is 39.0 Å². The monoisotopic (exact) mass is 324 g/mol. The third-order valence-electron chi connectivity index (χ3n) is 3.48. The van der Waals surface area contributed by atoms with Crippen LogP contribution in [0.5, 0.6) is 11.6 Å². The molecule has 0 saturated carbocycles. The van der Waals surface area contributed by atoms with E-state index in [1.807, 2.05) is 45.0 Å². The summed E-state index contributed by atoms with van der Waals surface area (Å²) in [6, 6.07) is 7.64. The minimum atomic E-state index is 0.597. The second-order valence-corrected chi connectivity index (χ2v) is 5.18. The highest BCUT2D eigenvalue weighted by Crippen LogP contribution is 2.29.